The zero-order valence-electron chi connectivity index (χ0n) is 22.4. The molecule has 0 aliphatic heterocycles. The van der Waals surface area contributed by atoms with Gasteiger partial charge in [-0.3, -0.25) is 4.79 Å². The Morgan fingerprint density at radius 1 is 0.853 bits per heavy atom. The van der Waals surface area contributed by atoms with Crippen molar-refractivity contribution in [1.29, 1.82) is 0 Å². The highest BCUT2D eigenvalue weighted by Crippen LogP contribution is 2.31. The normalized spacial score (nSPS) is 16.9. The molecule has 0 amide bonds. The Bertz CT molecular complexity index is 748. The van der Waals surface area contributed by atoms with Crippen LogP contribution in [0.4, 0.5) is 0 Å². The Morgan fingerprint density at radius 3 is 1.94 bits per heavy atom. The van der Waals surface area contributed by atoms with Gasteiger partial charge in [-0.1, -0.05) is 19.3 Å². The number of ketones is 1. The molecule has 6 nitrogen and oxygen atoms in total. The van der Waals surface area contributed by atoms with E-state index in [0.717, 1.165) is 31.7 Å². The number of ether oxygens (including phenoxy) is 2. The molecule has 2 rings (SSSR count). The van der Waals surface area contributed by atoms with Gasteiger partial charge in [-0.15, -0.1) is 0 Å². The van der Waals surface area contributed by atoms with E-state index in [4.69, 9.17) is 17.7 Å². The summed E-state index contributed by atoms with van der Waals surface area (Å²) in [4.78, 5) is 12.7. The Balaban J connectivity index is 1.71. The highest BCUT2D eigenvalue weighted by molar-refractivity contribution is 6.87. The van der Waals surface area contributed by atoms with E-state index in [1.165, 1.54) is 0 Å². The van der Waals surface area contributed by atoms with Gasteiger partial charge >= 0.3 is 8.56 Å². The second-order valence-electron chi connectivity index (χ2n) is 11.6. The second kappa shape index (κ2) is 12.4. The van der Waals surface area contributed by atoms with Crippen molar-refractivity contribution in [1.82, 2.24) is 0 Å². The molecule has 0 aromatic heterocycles. The number of rotatable bonds is 14. The summed E-state index contributed by atoms with van der Waals surface area (Å²) in [7, 11) is -5.55. The lowest BCUT2D eigenvalue weighted by atomic mass is 9.79. The summed E-state index contributed by atoms with van der Waals surface area (Å²) in [5.41, 5.74) is -0.658. The van der Waals surface area contributed by atoms with Crippen LogP contribution in [0.15, 0.2) is 24.3 Å². The number of hydrogen-bond acceptors (Lipinski definition) is 6. The van der Waals surface area contributed by atoms with Gasteiger partial charge in [0.15, 0.2) is 22.4 Å². The van der Waals surface area contributed by atoms with Crippen LogP contribution in [0.3, 0.4) is 0 Å². The summed E-state index contributed by atoms with van der Waals surface area (Å²) in [5, 5.41) is 10.7. The molecule has 1 aromatic carbocycles. The number of hydrogen-bond donors (Lipinski definition) is 1. The lowest BCUT2D eigenvalue weighted by Crippen LogP contribution is -2.52. The van der Waals surface area contributed by atoms with Gasteiger partial charge in [0, 0.05) is 12.2 Å². The van der Waals surface area contributed by atoms with E-state index in [0.29, 0.717) is 44.0 Å². The first-order valence-corrected chi connectivity index (χ1v) is 22.0. The Morgan fingerprint density at radius 2 is 1.41 bits per heavy atom. The van der Waals surface area contributed by atoms with Crippen LogP contribution in [0.25, 0.3) is 0 Å². The van der Waals surface area contributed by atoms with Crippen LogP contribution >= 0.6 is 0 Å². The molecule has 1 aliphatic rings. The fourth-order valence-electron chi connectivity index (χ4n) is 4.57. The maximum absolute atomic E-state index is 12.7. The van der Waals surface area contributed by atoms with Gasteiger partial charge in [0.1, 0.15) is 18.0 Å². The molecule has 0 spiro atoms. The number of carbonyl (C=O) groups excluding carboxylic acids is 1. The molecule has 0 unspecified atom stereocenters. The lowest BCUT2D eigenvalue weighted by Gasteiger charge is -2.38. The van der Waals surface area contributed by atoms with Crippen LogP contribution < -0.4 is 4.74 Å². The lowest BCUT2D eigenvalue weighted by molar-refractivity contribution is 0.0116. The molecule has 0 saturated heterocycles. The molecule has 1 aromatic rings. The molecule has 0 heterocycles. The molecule has 1 saturated carbocycles. The van der Waals surface area contributed by atoms with Crippen LogP contribution in [-0.4, -0.2) is 61.5 Å². The van der Waals surface area contributed by atoms with Crippen molar-refractivity contribution in [3.8, 4) is 5.75 Å². The van der Waals surface area contributed by atoms with Crippen LogP contribution in [0, 0.1) is 0 Å². The van der Waals surface area contributed by atoms with Gasteiger partial charge < -0.3 is 22.8 Å². The van der Waals surface area contributed by atoms with Crippen molar-refractivity contribution in [3.63, 3.8) is 0 Å². The van der Waals surface area contributed by atoms with E-state index in [1.807, 2.05) is 0 Å². The van der Waals surface area contributed by atoms with Gasteiger partial charge in [-0.2, -0.15) is 0 Å². The van der Waals surface area contributed by atoms with Crippen molar-refractivity contribution < 1.29 is 27.6 Å². The van der Waals surface area contributed by atoms with Crippen LogP contribution in [0.1, 0.15) is 48.9 Å². The third-order valence-corrected chi connectivity index (χ3v) is 15.3. The monoisotopic (exact) mass is 526 g/mol. The first-order chi connectivity index (χ1) is 15.7. The van der Waals surface area contributed by atoms with Crippen LogP contribution in [0.2, 0.25) is 51.9 Å². The zero-order valence-corrected chi connectivity index (χ0v) is 25.4. The van der Waals surface area contributed by atoms with Crippen molar-refractivity contribution in [2.75, 3.05) is 19.8 Å². The molecular weight excluding hydrogens is 481 g/mol. The third-order valence-electron chi connectivity index (χ3n) is 5.68. The summed E-state index contributed by atoms with van der Waals surface area (Å²) in [5.74, 6) is 0.525. The Labute approximate surface area is 209 Å². The summed E-state index contributed by atoms with van der Waals surface area (Å²) in [6.45, 7) is 17.1. The molecule has 194 valence electrons. The SMILES string of the molecule is C[Si](C)(C)O[Si](C)(CCCOCCOc1ccc(C(=O)C2(O)CCCCC2)cc1)O[Si](C)(C)C. The molecule has 0 radical (unpaired) electrons. The quantitative estimate of drug-likeness (QED) is 0.179. The maximum atomic E-state index is 12.7. The van der Waals surface area contributed by atoms with Crippen molar-refractivity contribution in [2.45, 2.75) is 96.0 Å². The molecule has 0 bridgehead atoms. The zero-order chi connectivity index (χ0) is 25.5. The molecule has 0 atom stereocenters. The Hall–Kier alpha value is -0.819. The van der Waals surface area contributed by atoms with Gasteiger partial charge in [0.2, 0.25) is 0 Å². The summed E-state index contributed by atoms with van der Waals surface area (Å²) in [6.07, 6.45) is 4.92. The fourth-order valence-corrected chi connectivity index (χ4v) is 17.1. The molecule has 34 heavy (non-hydrogen) atoms. The van der Waals surface area contributed by atoms with Crippen molar-refractivity contribution in [3.05, 3.63) is 29.8 Å². The third kappa shape index (κ3) is 10.4. The molecule has 1 aliphatic carbocycles. The van der Waals surface area contributed by atoms with E-state index in [-0.39, 0.29) is 5.78 Å². The number of benzene rings is 1. The first-order valence-electron chi connectivity index (χ1n) is 12.7. The Kier molecular flexibility index (Phi) is 10.7. The minimum absolute atomic E-state index is 0.172. The summed E-state index contributed by atoms with van der Waals surface area (Å²) < 4.78 is 24.6. The topological polar surface area (TPSA) is 74.2 Å². The predicted molar refractivity (Wildman–Crippen MR) is 145 cm³/mol. The molecule has 1 fully saturated rings. The second-order valence-corrected chi connectivity index (χ2v) is 24.4. The van der Waals surface area contributed by atoms with Gasteiger partial charge in [-0.25, -0.2) is 0 Å². The number of aliphatic hydroxyl groups is 1. The number of Topliss-reactive ketones (excluding diaryl/α,β-unsaturated/α-hetero) is 1. The van der Waals surface area contributed by atoms with E-state index >= 15 is 0 Å². The molecule has 9 heteroatoms. The van der Waals surface area contributed by atoms with E-state index < -0.39 is 30.8 Å². The highest BCUT2D eigenvalue weighted by Gasteiger charge is 2.40. The van der Waals surface area contributed by atoms with E-state index in [2.05, 4.69) is 45.8 Å². The predicted octanol–water partition coefficient (Wildman–Crippen LogP) is 6.13. The minimum atomic E-state index is -2.21. The van der Waals surface area contributed by atoms with Crippen LogP contribution in [-0.2, 0) is 13.0 Å². The standard InChI is InChI=1S/C25H46O6Si3/c1-32(2,3)30-34(7,31-33(4,5)6)21-11-18-28-19-20-29-23-14-12-22(13-15-23)24(26)25(27)16-9-8-10-17-25/h12-15,27H,8-11,16-21H2,1-7H3. The fraction of sp³-hybridized carbons (Fsp3) is 0.720. The maximum Gasteiger partial charge on any atom is 0.314 e. The number of carbonyl (C=O) groups is 1. The van der Waals surface area contributed by atoms with Gasteiger partial charge in [-0.05, 0) is 95.4 Å². The average Bonchev–Trinajstić information content (AvgIpc) is 2.70. The summed E-state index contributed by atoms with van der Waals surface area (Å²) in [6, 6.07) is 8.00. The van der Waals surface area contributed by atoms with E-state index in [9.17, 15) is 9.90 Å². The van der Waals surface area contributed by atoms with Gasteiger partial charge in [0.05, 0.1) is 6.61 Å². The molecule has 1 N–H and O–H groups in total. The smallest absolute Gasteiger partial charge is 0.314 e. The minimum Gasteiger partial charge on any atom is -0.491 e. The van der Waals surface area contributed by atoms with Crippen molar-refractivity contribution >= 4 is 31.0 Å². The van der Waals surface area contributed by atoms with Crippen LogP contribution in [0.5, 0.6) is 5.75 Å². The largest absolute Gasteiger partial charge is 0.491 e. The first kappa shape index (κ1) is 29.4. The van der Waals surface area contributed by atoms with Gasteiger partial charge in [0.25, 0.3) is 0 Å². The van der Waals surface area contributed by atoms with Crippen molar-refractivity contribution in [2.24, 2.45) is 0 Å². The molecular formula is C25H46O6Si3. The summed E-state index contributed by atoms with van der Waals surface area (Å²) >= 11 is 0. The highest BCUT2D eigenvalue weighted by atomic mass is 28.5. The average molecular weight is 527 g/mol. The van der Waals surface area contributed by atoms with E-state index in [1.54, 1.807) is 24.3 Å².